The van der Waals surface area contributed by atoms with Crippen LogP contribution >= 0.6 is 11.8 Å². The topological polar surface area (TPSA) is 32.3 Å². The summed E-state index contributed by atoms with van der Waals surface area (Å²) in [6.45, 7) is 0. The first-order valence-corrected chi connectivity index (χ1v) is 3.75. The lowest BCUT2D eigenvalue weighted by Crippen LogP contribution is -2.28. The summed E-state index contributed by atoms with van der Waals surface area (Å²) >= 11 is 5.40. The second kappa shape index (κ2) is 3.40. The van der Waals surface area contributed by atoms with Crippen LogP contribution in [0.2, 0.25) is 0 Å². The number of nitrogens with one attached hydrogen (secondary N) is 1. The summed E-state index contributed by atoms with van der Waals surface area (Å²) in [5.41, 5.74) is 0. The quantitative estimate of drug-likeness (QED) is 0.546. The van der Waals surface area contributed by atoms with Gasteiger partial charge in [-0.1, -0.05) is 0 Å². The third kappa shape index (κ3) is 2.12. The van der Waals surface area contributed by atoms with Crippen LogP contribution in [0.25, 0.3) is 0 Å². The van der Waals surface area contributed by atoms with Crippen molar-refractivity contribution in [1.82, 2.24) is 4.84 Å². The number of aliphatic hydroxyl groups excluding tert-OH is 1. The number of halogens is 1. The van der Waals surface area contributed by atoms with Crippen molar-refractivity contribution in [2.75, 3.05) is 0 Å². The van der Waals surface area contributed by atoms with Gasteiger partial charge in [0.25, 0.3) is 0 Å². The molecule has 0 aromatic heterocycles. The van der Waals surface area contributed by atoms with Gasteiger partial charge < -0.3 is 5.11 Å². The summed E-state index contributed by atoms with van der Waals surface area (Å²) in [6, 6.07) is 0.426. The fraction of sp³-hybridized carbons (Fsp3) is 1.00. The van der Waals surface area contributed by atoms with E-state index in [9.17, 15) is 0 Å². The Morgan fingerprint density at radius 2 is 1.78 bits per heavy atom. The van der Waals surface area contributed by atoms with E-state index in [-0.39, 0.29) is 6.10 Å². The van der Waals surface area contributed by atoms with E-state index in [2.05, 4.69) is 4.84 Å². The Bertz CT molecular complexity index is 81.1. The van der Waals surface area contributed by atoms with Gasteiger partial charge in [-0.2, -0.15) is 0 Å². The van der Waals surface area contributed by atoms with Crippen molar-refractivity contribution in [1.29, 1.82) is 0 Å². The van der Waals surface area contributed by atoms with Crippen LogP contribution in [0.3, 0.4) is 0 Å². The second-order valence-electron chi connectivity index (χ2n) is 2.61. The van der Waals surface area contributed by atoms with E-state index in [1.54, 1.807) is 0 Å². The van der Waals surface area contributed by atoms with Crippen molar-refractivity contribution in [3.8, 4) is 0 Å². The summed E-state index contributed by atoms with van der Waals surface area (Å²) in [5.74, 6) is 0. The second-order valence-corrected chi connectivity index (χ2v) is 2.83. The molecule has 2 N–H and O–H groups in total. The minimum Gasteiger partial charge on any atom is -0.393 e. The highest BCUT2D eigenvalue weighted by Crippen LogP contribution is 2.18. The largest absolute Gasteiger partial charge is 0.393 e. The smallest absolute Gasteiger partial charge is 0.0541 e. The molecule has 1 aliphatic carbocycles. The van der Waals surface area contributed by atoms with Gasteiger partial charge in [0.15, 0.2) is 0 Å². The average molecular weight is 150 g/mol. The Labute approximate surface area is 60.3 Å². The molecule has 0 radical (unpaired) electrons. The molecule has 0 spiro atoms. The first-order valence-electron chi connectivity index (χ1n) is 3.37. The standard InChI is InChI=1S/C6H12ClNO/c7-8-5-1-3-6(9)4-2-5/h5-6,8-9H,1-4H2/t5-,6+. The van der Waals surface area contributed by atoms with Crippen molar-refractivity contribution >= 4 is 11.8 Å². The van der Waals surface area contributed by atoms with Crippen LogP contribution in [0.15, 0.2) is 0 Å². The molecule has 2 nitrogen and oxygen atoms in total. The van der Waals surface area contributed by atoms with Gasteiger partial charge in [-0.05, 0) is 37.5 Å². The molecular weight excluding hydrogens is 138 g/mol. The molecule has 1 rings (SSSR count). The molecule has 0 aromatic rings. The monoisotopic (exact) mass is 149 g/mol. The molecule has 1 aliphatic rings. The van der Waals surface area contributed by atoms with Crippen LogP contribution in [0.1, 0.15) is 25.7 Å². The first kappa shape index (κ1) is 7.32. The van der Waals surface area contributed by atoms with E-state index in [0.29, 0.717) is 6.04 Å². The average Bonchev–Trinajstić information content (AvgIpc) is 1.90. The van der Waals surface area contributed by atoms with Crippen molar-refractivity contribution in [3.05, 3.63) is 0 Å². The van der Waals surface area contributed by atoms with E-state index >= 15 is 0 Å². The predicted octanol–water partition coefficient (Wildman–Crippen LogP) is 1.03. The zero-order valence-corrected chi connectivity index (χ0v) is 6.06. The minimum atomic E-state index is -0.0775. The van der Waals surface area contributed by atoms with Gasteiger partial charge in [0.1, 0.15) is 0 Å². The molecule has 54 valence electrons. The molecule has 0 atom stereocenters. The molecule has 9 heavy (non-hydrogen) atoms. The zero-order chi connectivity index (χ0) is 6.69. The lowest BCUT2D eigenvalue weighted by atomic mass is 9.94. The molecule has 3 heteroatoms. The molecule has 1 saturated carbocycles. The maximum atomic E-state index is 9.05. The van der Waals surface area contributed by atoms with Gasteiger partial charge in [0.2, 0.25) is 0 Å². The van der Waals surface area contributed by atoms with Crippen molar-refractivity contribution in [2.24, 2.45) is 0 Å². The fourth-order valence-corrected chi connectivity index (χ4v) is 1.40. The van der Waals surface area contributed by atoms with Crippen LogP contribution in [0, 0.1) is 0 Å². The van der Waals surface area contributed by atoms with E-state index in [1.165, 1.54) is 0 Å². The number of hydrogen-bond acceptors (Lipinski definition) is 2. The maximum absolute atomic E-state index is 9.05. The van der Waals surface area contributed by atoms with E-state index < -0.39 is 0 Å². The van der Waals surface area contributed by atoms with Gasteiger partial charge >= 0.3 is 0 Å². The fourth-order valence-electron chi connectivity index (χ4n) is 1.18. The normalized spacial score (nSPS) is 36.7. The number of hydrogen-bond donors (Lipinski definition) is 2. The Balaban J connectivity index is 2.18. The summed E-state index contributed by atoms with van der Waals surface area (Å²) in [7, 11) is 0. The summed E-state index contributed by atoms with van der Waals surface area (Å²) < 4.78 is 0. The molecule has 0 heterocycles. The summed E-state index contributed by atoms with van der Waals surface area (Å²) in [5, 5.41) is 9.05. The highest BCUT2D eigenvalue weighted by molar-refractivity contribution is 6.13. The molecule has 0 aliphatic heterocycles. The Hall–Kier alpha value is 0.210. The molecular formula is C6H12ClNO. The van der Waals surface area contributed by atoms with Gasteiger partial charge in [-0.15, -0.1) is 0 Å². The summed E-state index contributed by atoms with van der Waals surface area (Å²) in [6.07, 6.45) is 3.72. The Morgan fingerprint density at radius 3 is 2.22 bits per heavy atom. The Morgan fingerprint density at radius 1 is 1.22 bits per heavy atom. The Kier molecular flexibility index (Phi) is 2.76. The van der Waals surface area contributed by atoms with Crippen LogP contribution < -0.4 is 4.84 Å². The SMILES string of the molecule is O[C@H]1CC[C@@H](NCl)CC1. The van der Waals surface area contributed by atoms with Crippen LogP contribution in [0.4, 0.5) is 0 Å². The molecule has 0 bridgehead atoms. The molecule has 0 saturated heterocycles. The lowest BCUT2D eigenvalue weighted by molar-refractivity contribution is 0.121. The van der Waals surface area contributed by atoms with E-state index in [1.807, 2.05) is 0 Å². The molecule has 0 aromatic carbocycles. The van der Waals surface area contributed by atoms with Gasteiger partial charge in [-0.25, -0.2) is 4.84 Å². The zero-order valence-electron chi connectivity index (χ0n) is 5.31. The first-order chi connectivity index (χ1) is 4.33. The summed E-state index contributed by atoms with van der Waals surface area (Å²) in [4.78, 5) is 2.69. The predicted molar refractivity (Wildman–Crippen MR) is 37.3 cm³/mol. The number of aliphatic hydroxyl groups is 1. The third-order valence-electron chi connectivity index (χ3n) is 1.85. The van der Waals surface area contributed by atoms with Gasteiger partial charge in [-0.3, -0.25) is 0 Å². The minimum absolute atomic E-state index is 0.0775. The third-order valence-corrected chi connectivity index (χ3v) is 2.16. The van der Waals surface area contributed by atoms with Crippen molar-refractivity contribution in [2.45, 2.75) is 37.8 Å². The molecule has 1 fully saturated rings. The van der Waals surface area contributed by atoms with E-state index in [0.717, 1.165) is 25.7 Å². The molecule has 0 unspecified atom stereocenters. The van der Waals surface area contributed by atoms with Crippen molar-refractivity contribution < 1.29 is 5.11 Å². The van der Waals surface area contributed by atoms with Crippen LogP contribution in [-0.4, -0.2) is 17.3 Å². The van der Waals surface area contributed by atoms with Gasteiger partial charge in [0, 0.05) is 6.04 Å². The highest BCUT2D eigenvalue weighted by atomic mass is 35.5. The van der Waals surface area contributed by atoms with Crippen LogP contribution in [0.5, 0.6) is 0 Å². The maximum Gasteiger partial charge on any atom is 0.0541 e. The lowest BCUT2D eigenvalue weighted by Gasteiger charge is -2.23. The van der Waals surface area contributed by atoms with Crippen LogP contribution in [-0.2, 0) is 0 Å². The highest BCUT2D eigenvalue weighted by Gasteiger charge is 2.17. The van der Waals surface area contributed by atoms with E-state index in [4.69, 9.17) is 16.9 Å². The van der Waals surface area contributed by atoms with Crippen molar-refractivity contribution in [3.63, 3.8) is 0 Å². The number of rotatable bonds is 1. The van der Waals surface area contributed by atoms with Gasteiger partial charge in [0.05, 0.1) is 6.10 Å². The molecule has 0 amide bonds.